The first-order valence-electron chi connectivity index (χ1n) is 11.3. The molecule has 0 bridgehead atoms. The maximum absolute atomic E-state index is 12.6. The van der Waals surface area contributed by atoms with Crippen molar-refractivity contribution in [2.45, 2.75) is 46.5 Å². The average Bonchev–Trinajstić information content (AvgIpc) is 3.28. The second-order valence-corrected chi connectivity index (χ2v) is 9.11. The van der Waals surface area contributed by atoms with Gasteiger partial charge < -0.3 is 15.0 Å². The minimum absolute atomic E-state index is 0.0265. The normalized spacial score (nSPS) is 23.9. The van der Waals surface area contributed by atoms with Gasteiger partial charge in [0.05, 0.1) is 0 Å². The van der Waals surface area contributed by atoms with Crippen LogP contribution in [-0.2, 0) is 9.59 Å². The van der Waals surface area contributed by atoms with Crippen molar-refractivity contribution in [1.29, 1.82) is 0 Å². The molecule has 5 nitrogen and oxygen atoms in total. The lowest BCUT2D eigenvalue weighted by Crippen LogP contribution is -2.39. The first kappa shape index (κ1) is 22.4. The Morgan fingerprint density at radius 2 is 1.87 bits per heavy atom. The van der Waals surface area contributed by atoms with Crippen LogP contribution in [0, 0.1) is 23.7 Å². The number of hydrogen-bond acceptors (Lipinski definition) is 3. The molecule has 1 heterocycles. The molecule has 0 spiro atoms. The van der Waals surface area contributed by atoms with E-state index in [1.165, 1.54) is 5.57 Å². The fourth-order valence-corrected chi connectivity index (χ4v) is 4.76. The highest BCUT2D eigenvalue weighted by Crippen LogP contribution is 2.39. The smallest absolute Gasteiger partial charge is 0.257 e. The molecule has 1 aliphatic carbocycles. The Kier molecular flexibility index (Phi) is 7.94. The molecule has 3 unspecified atom stereocenters. The van der Waals surface area contributed by atoms with Crippen molar-refractivity contribution < 1.29 is 14.3 Å². The van der Waals surface area contributed by atoms with Crippen LogP contribution in [0.1, 0.15) is 46.5 Å². The molecule has 1 saturated heterocycles. The van der Waals surface area contributed by atoms with Crippen molar-refractivity contribution in [2.24, 2.45) is 23.7 Å². The molecule has 1 aromatic carbocycles. The number of hydrogen-bond donors (Lipinski definition) is 1. The van der Waals surface area contributed by atoms with Crippen LogP contribution in [0.25, 0.3) is 0 Å². The van der Waals surface area contributed by atoms with E-state index >= 15 is 0 Å². The summed E-state index contributed by atoms with van der Waals surface area (Å²) < 4.78 is 5.54. The average molecular weight is 413 g/mol. The molecule has 1 N–H and O–H groups in total. The monoisotopic (exact) mass is 412 g/mol. The van der Waals surface area contributed by atoms with Crippen molar-refractivity contribution in [1.82, 2.24) is 10.2 Å². The number of allylic oxidation sites excluding steroid dienone is 1. The third kappa shape index (κ3) is 6.10. The van der Waals surface area contributed by atoms with Gasteiger partial charge in [0.2, 0.25) is 5.91 Å². The SMILES string of the molecule is CC1=CC(CNC(=O)COc2ccccc2)C(C(C)C)CC1CC(=O)N1CCCC1. The number of ether oxygens (including phenoxy) is 1. The minimum Gasteiger partial charge on any atom is -0.484 e. The van der Waals surface area contributed by atoms with Crippen molar-refractivity contribution in [3.8, 4) is 5.75 Å². The van der Waals surface area contributed by atoms with E-state index in [0.717, 1.165) is 32.4 Å². The Morgan fingerprint density at radius 1 is 1.17 bits per heavy atom. The summed E-state index contributed by atoms with van der Waals surface area (Å²) in [5.74, 6) is 2.48. The summed E-state index contributed by atoms with van der Waals surface area (Å²) in [6.07, 6.45) is 6.20. The van der Waals surface area contributed by atoms with Crippen molar-refractivity contribution in [3.63, 3.8) is 0 Å². The zero-order chi connectivity index (χ0) is 21.5. The van der Waals surface area contributed by atoms with Crippen molar-refractivity contribution in [3.05, 3.63) is 42.0 Å². The summed E-state index contributed by atoms with van der Waals surface area (Å²) in [5, 5.41) is 3.04. The highest BCUT2D eigenvalue weighted by atomic mass is 16.5. The van der Waals surface area contributed by atoms with Crippen molar-refractivity contribution in [2.75, 3.05) is 26.2 Å². The summed E-state index contributed by atoms with van der Waals surface area (Å²) in [4.78, 5) is 26.9. The molecule has 164 valence electrons. The predicted octanol–water partition coefficient (Wildman–Crippen LogP) is 4.05. The first-order chi connectivity index (χ1) is 14.4. The molecule has 1 aromatic rings. The van der Waals surface area contributed by atoms with Gasteiger partial charge in [0.15, 0.2) is 6.61 Å². The van der Waals surface area contributed by atoms with Crippen LogP contribution in [0.4, 0.5) is 0 Å². The van der Waals surface area contributed by atoms with Crippen LogP contribution in [0.15, 0.2) is 42.0 Å². The van der Waals surface area contributed by atoms with Crippen LogP contribution >= 0.6 is 0 Å². The van der Waals surface area contributed by atoms with Crippen LogP contribution in [0.2, 0.25) is 0 Å². The number of benzene rings is 1. The molecule has 5 heteroatoms. The van der Waals surface area contributed by atoms with E-state index < -0.39 is 0 Å². The Bertz CT molecular complexity index is 738. The molecule has 30 heavy (non-hydrogen) atoms. The Balaban J connectivity index is 1.53. The molecule has 2 aliphatic rings. The standard InChI is InChI=1S/C25H36N2O3/c1-18(2)23-14-20(15-25(29)27-11-7-8-12-27)19(3)13-21(23)16-26-24(28)17-30-22-9-5-4-6-10-22/h4-6,9-10,13,18,20-21,23H,7-8,11-12,14-17H2,1-3H3,(H,26,28). The van der Waals surface area contributed by atoms with Crippen LogP contribution in [-0.4, -0.2) is 43.0 Å². The third-order valence-corrected chi connectivity index (χ3v) is 6.61. The third-order valence-electron chi connectivity index (χ3n) is 6.61. The molecule has 1 aliphatic heterocycles. The van der Waals surface area contributed by atoms with Gasteiger partial charge in [-0.3, -0.25) is 9.59 Å². The fraction of sp³-hybridized carbons (Fsp3) is 0.600. The van der Waals surface area contributed by atoms with Gasteiger partial charge in [-0.25, -0.2) is 0 Å². The van der Waals surface area contributed by atoms with Gasteiger partial charge in [0.25, 0.3) is 5.91 Å². The number of nitrogens with zero attached hydrogens (tertiary/aromatic N) is 1. The van der Waals surface area contributed by atoms with Crippen molar-refractivity contribution >= 4 is 11.8 Å². The van der Waals surface area contributed by atoms with Gasteiger partial charge in [-0.05, 0) is 62.0 Å². The number of likely N-dealkylation sites (tertiary alicyclic amines) is 1. The van der Waals surface area contributed by atoms with E-state index in [9.17, 15) is 9.59 Å². The molecule has 0 radical (unpaired) electrons. The largest absolute Gasteiger partial charge is 0.484 e. The highest BCUT2D eigenvalue weighted by molar-refractivity contribution is 5.78. The van der Waals surface area contributed by atoms with E-state index in [1.54, 1.807) is 0 Å². The molecule has 0 saturated carbocycles. The van der Waals surface area contributed by atoms with E-state index in [1.807, 2.05) is 35.2 Å². The molecule has 3 rings (SSSR count). The van der Waals surface area contributed by atoms with E-state index in [-0.39, 0.29) is 12.5 Å². The van der Waals surface area contributed by atoms with Crippen LogP contribution in [0.3, 0.4) is 0 Å². The first-order valence-corrected chi connectivity index (χ1v) is 11.3. The summed E-state index contributed by atoms with van der Waals surface area (Å²) in [6.45, 7) is 9.11. The van der Waals surface area contributed by atoms with Gasteiger partial charge >= 0.3 is 0 Å². The lowest BCUT2D eigenvalue weighted by atomic mass is 9.69. The lowest BCUT2D eigenvalue weighted by molar-refractivity contribution is -0.131. The number of rotatable bonds is 8. The predicted molar refractivity (Wildman–Crippen MR) is 119 cm³/mol. The lowest BCUT2D eigenvalue weighted by Gasteiger charge is -2.37. The number of nitrogens with one attached hydrogen (secondary N) is 1. The molecular formula is C25H36N2O3. The molecule has 3 atom stereocenters. The van der Waals surface area contributed by atoms with Crippen LogP contribution < -0.4 is 10.1 Å². The maximum atomic E-state index is 12.6. The molecule has 2 amide bonds. The maximum Gasteiger partial charge on any atom is 0.257 e. The quantitative estimate of drug-likeness (QED) is 0.656. The topological polar surface area (TPSA) is 58.6 Å². The summed E-state index contributed by atoms with van der Waals surface area (Å²) in [7, 11) is 0. The highest BCUT2D eigenvalue weighted by Gasteiger charge is 2.33. The Morgan fingerprint density at radius 3 is 2.53 bits per heavy atom. The number of carbonyl (C=O) groups is 2. The number of para-hydroxylation sites is 1. The second-order valence-electron chi connectivity index (χ2n) is 9.11. The van der Waals surface area contributed by atoms with Gasteiger partial charge in [-0.2, -0.15) is 0 Å². The Hall–Kier alpha value is -2.30. The molecule has 0 aromatic heterocycles. The summed E-state index contributed by atoms with van der Waals surface area (Å²) in [6, 6.07) is 9.39. The molecule has 1 fully saturated rings. The Labute approximate surface area is 180 Å². The molecular weight excluding hydrogens is 376 g/mol. The van der Waals surface area contributed by atoms with E-state index in [2.05, 4.69) is 32.2 Å². The van der Waals surface area contributed by atoms with Crippen LogP contribution in [0.5, 0.6) is 5.75 Å². The number of amides is 2. The van der Waals surface area contributed by atoms with Gasteiger partial charge in [-0.1, -0.05) is 43.7 Å². The summed E-state index contributed by atoms with van der Waals surface area (Å²) >= 11 is 0. The number of carbonyl (C=O) groups excluding carboxylic acids is 2. The van der Waals surface area contributed by atoms with Gasteiger partial charge in [0.1, 0.15) is 5.75 Å². The zero-order valence-electron chi connectivity index (χ0n) is 18.6. The summed E-state index contributed by atoms with van der Waals surface area (Å²) in [5.41, 5.74) is 1.29. The van der Waals surface area contributed by atoms with E-state index in [4.69, 9.17) is 4.74 Å². The van der Waals surface area contributed by atoms with Gasteiger partial charge in [0, 0.05) is 26.1 Å². The zero-order valence-corrected chi connectivity index (χ0v) is 18.6. The fourth-order valence-electron chi connectivity index (χ4n) is 4.76. The van der Waals surface area contributed by atoms with E-state index in [0.29, 0.717) is 48.3 Å². The van der Waals surface area contributed by atoms with Gasteiger partial charge in [-0.15, -0.1) is 0 Å². The minimum atomic E-state index is -0.0984. The second kappa shape index (κ2) is 10.6.